The zero-order valence-electron chi connectivity index (χ0n) is 12.1. The summed E-state index contributed by atoms with van der Waals surface area (Å²) in [4.78, 5) is 4.47. The fourth-order valence-electron chi connectivity index (χ4n) is 3.11. The average molecular weight is 269 g/mol. The molecule has 3 nitrogen and oxygen atoms in total. The minimum atomic E-state index is 0.221. The third kappa shape index (κ3) is 2.78. The summed E-state index contributed by atoms with van der Waals surface area (Å²) in [5.41, 5.74) is 7.84. The van der Waals surface area contributed by atoms with Crippen LogP contribution in [-0.4, -0.2) is 15.6 Å². The highest BCUT2D eigenvalue weighted by molar-refractivity contribution is 5.26. The number of nitrogens with two attached hydrogens (primary N) is 1. The Kier molecular flexibility index (Phi) is 3.88. The number of benzene rings is 1. The highest BCUT2D eigenvalue weighted by atomic mass is 15.1. The van der Waals surface area contributed by atoms with E-state index in [1.165, 1.54) is 12.0 Å². The van der Waals surface area contributed by atoms with E-state index in [0.29, 0.717) is 11.8 Å². The van der Waals surface area contributed by atoms with Gasteiger partial charge in [-0.3, -0.25) is 0 Å². The van der Waals surface area contributed by atoms with Crippen LogP contribution in [0, 0.1) is 5.92 Å². The molecule has 2 aromatic rings. The molecular weight excluding hydrogens is 246 g/mol. The lowest BCUT2D eigenvalue weighted by molar-refractivity contribution is 0.535. The first kappa shape index (κ1) is 13.4. The van der Waals surface area contributed by atoms with E-state index in [4.69, 9.17) is 5.73 Å². The van der Waals surface area contributed by atoms with Gasteiger partial charge < -0.3 is 10.3 Å². The minimum absolute atomic E-state index is 0.221. The van der Waals surface area contributed by atoms with Crippen molar-refractivity contribution in [1.29, 1.82) is 0 Å². The van der Waals surface area contributed by atoms with Gasteiger partial charge in [-0.15, -0.1) is 0 Å². The lowest BCUT2D eigenvalue weighted by Crippen LogP contribution is -2.27. The van der Waals surface area contributed by atoms with Gasteiger partial charge in [-0.1, -0.05) is 37.3 Å². The SMILES string of the molecule is CCCn1ccnc1CC(N)C1CC1c1ccccc1. The number of aryl methyl sites for hydroxylation is 1. The van der Waals surface area contributed by atoms with Crippen LogP contribution in [0.5, 0.6) is 0 Å². The van der Waals surface area contributed by atoms with Crippen LogP contribution in [-0.2, 0) is 13.0 Å². The maximum Gasteiger partial charge on any atom is 0.110 e. The molecular formula is C17H23N3. The first-order valence-corrected chi connectivity index (χ1v) is 7.60. The van der Waals surface area contributed by atoms with Crippen molar-refractivity contribution >= 4 is 0 Å². The molecule has 3 rings (SSSR count). The van der Waals surface area contributed by atoms with Gasteiger partial charge in [-0.05, 0) is 30.2 Å². The molecule has 0 aliphatic heterocycles. The van der Waals surface area contributed by atoms with E-state index in [-0.39, 0.29) is 6.04 Å². The largest absolute Gasteiger partial charge is 0.335 e. The number of nitrogens with zero attached hydrogens (tertiary/aromatic N) is 2. The Labute approximate surface area is 120 Å². The maximum atomic E-state index is 6.41. The van der Waals surface area contributed by atoms with Crippen LogP contribution in [0.2, 0.25) is 0 Å². The quantitative estimate of drug-likeness (QED) is 0.876. The monoisotopic (exact) mass is 269 g/mol. The Hall–Kier alpha value is -1.61. The minimum Gasteiger partial charge on any atom is -0.335 e. The predicted molar refractivity (Wildman–Crippen MR) is 81.5 cm³/mol. The van der Waals surface area contributed by atoms with Crippen molar-refractivity contribution in [3.05, 3.63) is 54.1 Å². The third-order valence-electron chi connectivity index (χ3n) is 4.30. The predicted octanol–water partition coefficient (Wildman–Crippen LogP) is 2.97. The molecule has 3 atom stereocenters. The topological polar surface area (TPSA) is 43.8 Å². The average Bonchev–Trinajstić information content (AvgIpc) is 3.17. The van der Waals surface area contributed by atoms with Crippen LogP contribution in [0.3, 0.4) is 0 Å². The van der Waals surface area contributed by atoms with Crippen molar-refractivity contribution < 1.29 is 0 Å². The molecule has 20 heavy (non-hydrogen) atoms. The second-order valence-corrected chi connectivity index (χ2v) is 5.82. The zero-order chi connectivity index (χ0) is 13.9. The number of hydrogen-bond acceptors (Lipinski definition) is 2. The third-order valence-corrected chi connectivity index (χ3v) is 4.30. The summed E-state index contributed by atoms with van der Waals surface area (Å²) < 4.78 is 2.24. The fourth-order valence-corrected chi connectivity index (χ4v) is 3.11. The van der Waals surface area contributed by atoms with E-state index in [1.807, 2.05) is 6.20 Å². The summed E-state index contributed by atoms with van der Waals surface area (Å²) in [5, 5.41) is 0. The van der Waals surface area contributed by atoms with Crippen molar-refractivity contribution in [2.24, 2.45) is 11.7 Å². The summed E-state index contributed by atoms with van der Waals surface area (Å²) in [6.45, 7) is 3.23. The molecule has 0 amide bonds. The fraction of sp³-hybridized carbons (Fsp3) is 0.471. The number of imidazole rings is 1. The molecule has 1 saturated carbocycles. The van der Waals surface area contributed by atoms with Gasteiger partial charge in [-0.25, -0.2) is 4.98 Å². The molecule has 1 aliphatic carbocycles. The van der Waals surface area contributed by atoms with E-state index in [2.05, 4.69) is 53.0 Å². The summed E-state index contributed by atoms with van der Waals surface area (Å²) in [7, 11) is 0. The van der Waals surface area contributed by atoms with Gasteiger partial charge >= 0.3 is 0 Å². The molecule has 3 heteroatoms. The van der Waals surface area contributed by atoms with Gasteiger partial charge in [0.05, 0.1) is 0 Å². The lowest BCUT2D eigenvalue weighted by Gasteiger charge is -2.13. The summed E-state index contributed by atoms with van der Waals surface area (Å²) in [6, 6.07) is 11.0. The zero-order valence-corrected chi connectivity index (χ0v) is 12.1. The van der Waals surface area contributed by atoms with E-state index in [0.717, 1.165) is 25.2 Å². The van der Waals surface area contributed by atoms with Crippen molar-refractivity contribution in [2.45, 2.75) is 44.7 Å². The molecule has 0 radical (unpaired) electrons. The first-order valence-electron chi connectivity index (χ1n) is 7.60. The standard InChI is InChI=1S/C17H23N3/c1-2-9-20-10-8-19-17(20)12-16(18)15-11-14(15)13-6-4-3-5-7-13/h3-8,10,14-16H,2,9,11-12,18H2,1H3. The highest BCUT2D eigenvalue weighted by Gasteiger charge is 2.42. The number of rotatable bonds is 6. The smallest absolute Gasteiger partial charge is 0.110 e. The van der Waals surface area contributed by atoms with Crippen LogP contribution < -0.4 is 5.73 Å². The van der Waals surface area contributed by atoms with Gasteiger partial charge in [0.25, 0.3) is 0 Å². The summed E-state index contributed by atoms with van der Waals surface area (Å²) in [6.07, 6.45) is 7.20. The first-order chi connectivity index (χ1) is 9.79. The van der Waals surface area contributed by atoms with Gasteiger partial charge in [0.15, 0.2) is 0 Å². The number of aromatic nitrogens is 2. The number of hydrogen-bond donors (Lipinski definition) is 1. The van der Waals surface area contributed by atoms with Crippen molar-refractivity contribution in [3.8, 4) is 0 Å². The molecule has 0 saturated heterocycles. The molecule has 1 aromatic carbocycles. The molecule has 3 unspecified atom stereocenters. The van der Waals surface area contributed by atoms with Crippen molar-refractivity contribution in [3.63, 3.8) is 0 Å². The normalized spacial score (nSPS) is 22.7. The second kappa shape index (κ2) is 5.80. The van der Waals surface area contributed by atoms with Crippen LogP contribution in [0.4, 0.5) is 0 Å². The van der Waals surface area contributed by atoms with Crippen molar-refractivity contribution in [2.75, 3.05) is 0 Å². The molecule has 1 aromatic heterocycles. The highest BCUT2D eigenvalue weighted by Crippen LogP contribution is 2.49. The Balaban J connectivity index is 1.61. The molecule has 0 spiro atoms. The van der Waals surface area contributed by atoms with E-state index in [9.17, 15) is 0 Å². The van der Waals surface area contributed by atoms with Crippen LogP contribution >= 0.6 is 0 Å². The van der Waals surface area contributed by atoms with Crippen LogP contribution in [0.15, 0.2) is 42.7 Å². The molecule has 1 aliphatic rings. The van der Waals surface area contributed by atoms with Gasteiger partial charge in [0.1, 0.15) is 5.82 Å². The Morgan fingerprint density at radius 3 is 2.90 bits per heavy atom. The van der Waals surface area contributed by atoms with E-state index < -0.39 is 0 Å². The Morgan fingerprint density at radius 1 is 1.35 bits per heavy atom. The van der Waals surface area contributed by atoms with Crippen LogP contribution in [0.25, 0.3) is 0 Å². The van der Waals surface area contributed by atoms with Gasteiger partial charge in [0.2, 0.25) is 0 Å². The summed E-state index contributed by atoms with van der Waals surface area (Å²) in [5.74, 6) is 2.41. The van der Waals surface area contributed by atoms with Gasteiger partial charge in [0, 0.05) is 31.4 Å². The molecule has 106 valence electrons. The van der Waals surface area contributed by atoms with Gasteiger partial charge in [-0.2, -0.15) is 0 Å². The molecule has 2 N–H and O–H groups in total. The lowest BCUT2D eigenvalue weighted by atomic mass is 10.0. The maximum absolute atomic E-state index is 6.41. The van der Waals surface area contributed by atoms with Crippen molar-refractivity contribution in [1.82, 2.24) is 9.55 Å². The second-order valence-electron chi connectivity index (χ2n) is 5.82. The van der Waals surface area contributed by atoms with E-state index in [1.54, 1.807) is 0 Å². The molecule has 1 heterocycles. The van der Waals surface area contributed by atoms with E-state index >= 15 is 0 Å². The van der Waals surface area contributed by atoms with Crippen LogP contribution in [0.1, 0.15) is 37.1 Å². The molecule has 1 fully saturated rings. The summed E-state index contributed by atoms with van der Waals surface area (Å²) >= 11 is 0. The molecule has 0 bridgehead atoms. The Morgan fingerprint density at radius 2 is 2.15 bits per heavy atom. The Bertz CT molecular complexity index is 546.